The van der Waals surface area contributed by atoms with Gasteiger partial charge in [-0.25, -0.2) is 0 Å². The third-order valence-corrected chi connectivity index (χ3v) is 7.90. The summed E-state index contributed by atoms with van der Waals surface area (Å²) in [5.41, 5.74) is -3.27. The molecule has 2 nitrogen and oxygen atoms in total. The number of hydrogen-bond donors (Lipinski definition) is 0. The highest BCUT2D eigenvalue weighted by molar-refractivity contribution is 14.1. The van der Waals surface area contributed by atoms with Gasteiger partial charge in [0, 0.05) is 5.41 Å². The van der Waals surface area contributed by atoms with E-state index >= 15 is 0 Å². The fraction of sp³-hybridized carbons (Fsp3) is 0.941. The first-order valence-electron chi connectivity index (χ1n) is 8.54. The van der Waals surface area contributed by atoms with E-state index in [0.717, 1.165) is 26.2 Å². The molecule has 4 aliphatic rings. The Morgan fingerprint density at radius 2 is 1.61 bits per heavy atom. The highest BCUT2D eigenvalue weighted by Crippen LogP contribution is 2.67. The quantitative estimate of drug-likeness (QED) is 0.335. The molecule has 0 N–H and O–H groups in total. The Morgan fingerprint density at radius 1 is 1.17 bits per heavy atom. The summed E-state index contributed by atoms with van der Waals surface area (Å²) < 4.78 is 46.9. The van der Waals surface area contributed by atoms with Gasteiger partial charge in [0.25, 0.3) is 0 Å². The number of carbonyl (C=O) groups excluding carboxylic acids is 1. The minimum atomic E-state index is -4.53. The number of alkyl halides is 4. The molecule has 0 amide bonds. The predicted molar refractivity (Wildman–Crippen MR) is 89.3 cm³/mol. The van der Waals surface area contributed by atoms with Crippen LogP contribution >= 0.6 is 22.6 Å². The Hall–Kier alpha value is -0.0100. The zero-order chi connectivity index (χ0) is 17.0. The van der Waals surface area contributed by atoms with Gasteiger partial charge in [0.2, 0.25) is 5.60 Å². The number of rotatable bonds is 4. The molecule has 0 spiro atoms. The van der Waals surface area contributed by atoms with Gasteiger partial charge in [-0.3, -0.25) is 4.79 Å². The van der Waals surface area contributed by atoms with E-state index in [9.17, 15) is 18.0 Å². The largest absolute Gasteiger partial charge is 0.448 e. The van der Waals surface area contributed by atoms with Gasteiger partial charge in [-0.2, -0.15) is 13.2 Å². The molecule has 0 aliphatic heterocycles. The van der Waals surface area contributed by atoms with E-state index in [4.69, 9.17) is 4.74 Å². The molecule has 0 saturated heterocycles. The molecule has 0 aromatic rings. The summed E-state index contributed by atoms with van der Waals surface area (Å²) in [7, 11) is 0. The van der Waals surface area contributed by atoms with Crippen LogP contribution < -0.4 is 0 Å². The Morgan fingerprint density at radius 3 is 1.96 bits per heavy atom. The maximum atomic E-state index is 14.1. The van der Waals surface area contributed by atoms with Gasteiger partial charge in [0.1, 0.15) is 3.92 Å². The van der Waals surface area contributed by atoms with Crippen LogP contribution in [-0.4, -0.2) is 21.7 Å². The van der Waals surface area contributed by atoms with E-state index in [2.05, 4.69) is 0 Å². The van der Waals surface area contributed by atoms with Crippen LogP contribution in [0.5, 0.6) is 0 Å². The van der Waals surface area contributed by atoms with E-state index in [1.807, 2.05) is 22.6 Å². The number of halogens is 4. The summed E-state index contributed by atoms with van der Waals surface area (Å²) in [6.07, 6.45) is 0.800. The normalized spacial score (nSPS) is 39.8. The number of ether oxygens (including phenoxy) is 1. The van der Waals surface area contributed by atoms with Crippen LogP contribution in [0.1, 0.15) is 58.8 Å². The molecule has 4 aliphatic carbocycles. The second kappa shape index (κ2) is 5.77. The van der Waals surface area contributed by atoms with Crippen molar-refractivity contribution in [1.29, 1.82) is 0 Å². The lowest BCUT2D eigenvalue weighted by molar-refractivity contribution is -0.322. The van der Waals surface area contributed by atoms with Gasteiger partial charge in [-0.15, -0.1) is 0 Å². The Balaban J connectivity index is 1.94. The highest BCUT2D eigenvalue weighted by atomic mass is 127. The van der Waals surface area contributed by atoms with Crippen molar-refractivity contribution in [2.24, 2.45) is 23.2 Å². The molecule has 4 bridgehead atoms. The molecule has 2 unspecified atom stereocenters. The van der Waals surface area contributed by atoms with E-state index in [1.165, 1.54) is 0 Å². The summed E-state index contributed by atoms with van der Waals surface area (Å²) >= 11 is 1.88. The van der Waals surface area contributed by atoms with Crippen LogP contribution in [-0.2, 0) is 9.53 Å². The lowest BCUT2D eigenvalue weighted by Crippen LogP contribution is -2.65. The van der Waals surface area contributed by atoms with Crippen molar-refractivity contribution >= 4 is 28.6 Å². The molecule has 0 heterocycles. The van der Waals surface area contributed by atoms with Crippen molar-refractivity contribution in [2.75, 3.05) is 0 Å². The molecule has 0 aromatic heterocycles. The van der Waals surface area contributed by atoms with Crippen molar-refractivity contribution in [3.05, 3.63) is 0 Å². The van der Waals surface area contributed by atoms with Crippen LogP contribution in [0.15, 0.2) is 0 Å². The molecule has 132 valence electrons. The lowest BCUT2D eigenvalue weighted by atomic mass is 9.45. The van der Waals surface area contributed by atoms with Crippen molar-refractivity contribution in [3.8, 4) is 0 Å². The maximum absolute atomic E-state index is 14.1. The molecule has 4 fully saturated rings. The second-order valence-corrected chi connectivity index (χ2v) is 9.53. The first kappa shape index (κ1) is 17.8. The summed E-state index contributed by atoms with van der Waals surface area (Å²) in [5.74, 6) is 0.415. The van der Waals surface area contributed by atoms with Gasteiger partial charge >= 0.3 is 12.1 Å². The van der Waals surface area contributed by atoms with Gasteiger partial charge in [-0.1, -0.05) is 29.5 Å². The third kappa shape index (κ3) is 2.80. The summed E-state index contributed by atoms with van der Waals surface area (Å²) in [6.45, 7) is 2.92. The van der Waals surface area contributed by atoms with Crippen LogP contribution in [0, 0.1) is 23.2 Å². The Bertz CT molecular complexity index is 455. The molecular formula is C17H24F3IO2. The molecule has 4 saturated carbocycles. The molecular weight excluding hydrogens is 420 g/mol. The smallest absolute Gasteiger partial charge is 0.428 e. The fourth-order valence-corrected chi connectivity index (χ4v) is 5.72. The topological polar surface area (TPSA) is 26.3 Å². The van der Waals surface area contributed by atoms with Crippen LogP contribution in [0.2, 0.25) is 0 Å². The summed E-state index contributed by atoms with van der Waals surface area (Å²) in [4.78, 5) is 12.2. The standard InChI is InChI=1S/C17H24F3IO2/c1-3-13(21)14(22)23-15(2,17(18,19)20)16-7-10-4-11(8-16)6-12(5-10)9-16/h10-13H,3-9H2,1-2H3. The molecule has 23 heavy (non-hydrogen) atoms. The SMILES string of the molecule is CCC(I)C(=O)OC(C)(C(F)(F)F)C12CC3CC(CC(C3)C1)C2. The first-order chi connectivity index (χ1) is 10.6. The van der Waals surface area contributed by atoms with Gasteiger partial charge in [0.15, 0.2) is 0 Å². The summed E-state index contributed by atoms with van der Waals surface area (Å²) in [5, 5.41) is 0. The number of carbonyl (C=O) groups is 1. The maximum Gasteiger partial charge on any atom is 0.428 e. The van der Waals surface area contributed by atoms with E-state index in [-0.39, 0.29) is 0 Å². The van der Waals surface area contributed by atoms with Gasteiger partial charge < -0.3 is 4.74 Å². The average molecular weight is 444 g/mol. The van der Waals surface area contributed by atoms with Crippen molar-refractivity contribution in [2.45, 2.75) is 74.5 Å². The Kier molecular flexibility index (Phi) is 4.46. The molecule has 0 aromatic carbocycles. The molecule has 4 rings (SSSR count). The molecule has 2 atom stereocenters. The molecule has 6 heteroatoms. The second-order valence-electron chi connectivity index (χ2n) is 8.03. The van der Waals surface area contributed by atoms with Crippen molar-refractivity contribution in [1.82, 2.24) is 0 Å². The molecule has 0 radical (unpaired) electrons. The minimum absolute atomic E-state index is 0.378. The van der Waals surface area contributed by atoms with E-state index in [0.29, 0.717) is 43.4 Å². The minimum Gasteiger partial charge on any atom is -0.448 e. The number of hydrogen-bond acceptors (Lipinski definition) is 2. The zero-order valence-electron chi connectivity index (χ0n) is 13.6. The van der Waals surface area contributed by atoms with E-state index in [1.54, 1.807) is 6.92 Å². The van der Waals surface area contributed by atoms with Gasteiger partial charge in [-0.05, 0) is 69.6 Å². The highest BCUT2D eigenvalue weighted by Gasteiger charge is 2.70. The van der Waals surface area contributed by atoms with E-state index < -0.39 is 27.1 Å². The van der Waals surface area contributed by atoms with Gasteiger partial charge in [0.05, 0.1) is 0 Å². The summed E-state index contributed by atoms with van der Waals surface area (Å²) in [6, 6.07) is 0. The monoisotopic (exact) mass is 444 g/mol. The first-order valence-corrected chi connectivity index (χ1v) is 9.78. The fourth-order valence-electron chi connectivity index (χ4n) is 5.59. The Labute approximate surface area is 149 Å². The van der Waals surface area contributed by atoms with Crippen LogP contribution in [0.4, 0.5) is 13.2 Å². The average Bonchev–Trinajstić information content (AvgIpc) is 2.43. The van der Waals surface area contributed by atoms with Crippen molar-refractivity contribution < 1.29 is 22.7 Å². The number of esters is 1. The van der Waals surface area contributed by atoms with Crippen LogP contribution in [0.25, 0.3) is 0 Å². The van der Waals surface area contributed by atoms with Crippen LogP contribution in [0.3, 0.4) is 0 Å². The lowest BCUT2D eigenvalue weighted by Gasteiger charge is -2.62. The van der Waals surface area contributed by atoms with Crippen molar-refractivity contribution in [3.63, 3.8) is 0 Å². The predicted octanol–water partition coefficient (Wildman–Crippen LogP) is 5.28. The third-order valence-electron chi connectivity index (χ3n) is 6.51. The zero-order valence-corrected chi connectivity index (χ0v) is 15.7.